The molecular formula is C33H30F3N7O2S. The highest BCUT2D eigenvalue weighted by molar-refractivity contribution is 8.14. The number of anilines is 1. The molecule has 1 atom stereocenters. The number of hydrogen-bond donors (Lipinski definition) is 1. The van der Waals surface area contributed by atoms with Gasteiger partial charge in [0, 0.05) is 29.2 Å². The average Bonchev–Trinajstić information content (AvgIpc) is 3.52. The van der Waals surface area contributed by atoms with Gasteiger partial charge in [0.2, 0.25) is 0 Å². The molecule has 3 aromatic carbocycles. The Hall–Kier alpha value is -5.09. The molecule has 0 bridgehead atoms. The van der Waals surface area contributed by atoms with Gasteiger partial charge in [-0.1, -0.05) is 68.1 Å². The van der Waals surface area contributed by atoms with Crippen LogP contribution >= 0.6 is 11.8 Å². The number of nitrogens with zero attached hydrogens (tertiary/aromatic N) is 6. The number of amidine groups is 1. The van der Waals surface area contributed by atoms with Crippen molar-refractivity contribution >= 4 is 34.2 Å². The second-order valence-electron chi connectivity index (χ2n) is 10.7. The van der Waals surface area contributed by atoms with Gasteiger partial charge >= 0.3 is 12.4 Å². The van der Waals surface area contributed by atoms with Gasteiger partial charge in [-0.15, -0.1) is 18.3 Å². The smallest absolute Gasteiger partial charge is 0.406 e. The van der Waals surface area contributed by atoms with Crippen LogP contribution in [0.25, 0.3) is 22.6 Å². The molecule has 1 aromatic heterocycles. The van der Waals surface area contributed by atoms with Gasteiger partial charge in [0.1, 0.15) is 18.1 Å². The molecule has 1 N–H and O–H groups in total. The van der Waals surface area contributed by atoms with Gasteiger partial charge in [-0.05, 0) is 60.7 Å². The second-order valence-corrected chi connectivity index (χ2v) is 11.8. The molecule has 0 saturated carbocycles. The van der Waals surface area contributed by atoms with E-state index in [9.17, 15) is 23.2 Å². The third kappa shape index (κ3) is 7.76. The lowest BCUT2D eigenvalue weighted by Crippen LogP contribution is -2.42. The number of alkyl halides is 3. The molecule has 2 heterocycles. The van der Waals surface area contributed by atoms with E-state index in [1.165, 1.54) is 58.8 Å². The summed E-state index contributed by atoms with van der Waals surface area (Å²) in [5, 5.41) is 17.4. The highest BCUT2D eigenvalue weighted by Gasteiger charge is 2.31. The lowest BCUT2D eigenvalue weighted by Gasteiger charge is -2.37. The van der Waals surface area contributed by atoms with Gasteiger partial charge in [0.15, 0.2) is 11.0 Å². The number of ether oxygens (including phenoxy) is 1. The average molecular weight is 646 g/mol. The first-order valence-corrected chi connectivity index (χ1v) is 15.4. The standard InChI is InChI=1S/C33H30F3N7O2S/c1-21(2)28-6-4-5-7-29(28)43-22(3)16-17-46-32(43)40-31(44)38-19-25(18-37)23-8-10-24(11-9-23)30-39-20-42(41-30)26-12-14-27(15-13-26)45-33(34,35)36/h4-15,19-22H,16-17H2,1-3H3,(H,38,44)/b25-19+,40-32-. The first-order valence-electron chi connectivity index (χ1n) is 14.4. The molecule has 46 heavy (non-hydrogen) atoms. The maximum Gasteiger partial charge on any atom is 0.573 e. The summed E-state index contributed by atoms with van der Waals surface area (Å²) in [5.41, 5.74) is 4.14. The van der Waals surface area contributed by atoms with E-state index in [0.29, 0.717) is 33.7 Å². The van der Waals surface area contributed by atoms with Gasteiger partial charge < -0.3 is 15.0 Å². The van der Waals surface area contributed by atoms with Crippen molar-refractivity contribution in [2.75, 3.05) is 10.7 Å². The molecule has 5 rings (SSSR count). The highest BCUT2D eigenvalue weighted by atomic mass is 32.2. The maximum atomic E-state index is 12.9. The zero-order valence-electron chi connectivity index (χ0n) is 25.2. The van der Waals surface area contributed by atoms with Crippen molar-refractivity contribution in [1.82, 2.24) is 20.1 Å². The van der Waals surface area contributed by atoms with Crippen LogP contribution in [0.2, 0.25) is 0 Å². The summed E-state index contributed by atoms with van der Waals surface area (Å²) in [6.07, 6.45) is -1.04. The summed E-state index contributed by atoms with van der Waals surface area (Å²) in [5.74, 6) is 1.17. The third-order valence-electron chi connectivity index (χ3n) is 7.17. The Morgan fingerprint density at radius 2 is 1.85 bits per heavy atom. The molecule has 1 aliphatic heterocycles. The molecule has 1 fully saturated rings. The van der Waals surface area contributed by atoms with Crippen molar-refractivity contribution in [3.8, 4) is 28.9 Å². The van der Waals surface area contributed by atoms with Gasteiger partial charge in [-0.3, -0.25) is 0 Å². The minimum atomic E-state index is -4.77. The fourth-order valence-electron chi connectivity index (χ4n) is 4.88. The number of para-hydroxylation sites is 1. The van der Waals surface area contributed by atoms with Crippen LogP contribution in [0.3, 0.4) is 0 Å². The van der Waals surface area contributed by atoms with Crippen molar-refractivity contribution in [3.05, 3.63) is 96.5 Å². The van der Waals surface area contributed by atoms with Crippen LogP contribution < -0.4 is 15.0 Å². The van der Waals surface area contributed by atoms with Crippen molar-refractivity contribution in [2.24, 2.45) is 4.99 Å². The Morgan fingerprint density at radius 1 is 1.13 bits per heavy atom. The fraction of sp³-hybridized carbons (Fsp3) is 0.242. The molecule has 236 valence electrons. The number of hydrogen-bond acceptors (Lipinski definition) is 6. The third-order valence-corrected chi connectivity index (χ3v) is 8.16. The molecule has 2 amide bonds. The van der Waals surface area contributed by atoms with E-state index >= 15 is 0 Å². The molecular weight excluding hydrogens is 615 g/mol. The molecule has 1 unspecified atom stereocenters. The summed E-state index contributed by atoms with van der Waals surface area (Å²) in [6.45, 7) is 6.39. The van der Waals surface area contributed by atoms with E-state index in [0.717, 1.165) is 17.9 Å². The minimum absolute atomic E-state index is 0.163. The lowest BCUT2D eigenvalue weighted by molar-refractivity contribution is -0.274. The Bertz CT molecular complexity index is 1790. The summed E-state index contributed by atoms with van der Waals surface area (Å²) in [7, 11) is 0. The van der Waals surface area contributed by atoms with Crippen molar-refractivity contribution in [3.63, 3.8) is 0 Å². The molecule has 9 nitrogen and oxygen atoms in total. The first-order chi connectivity index (χ1) is 22.0. The van der Waals surface area contributed by atoms with Crippen LogP contribution in [0.1, 0.15) is 44.2 Å². The number of carbonyl (C=O) groups excluding carboxylic acids is 1. The Labute approximate surface area is 268 Å². The topological polar surface area (TPSA) is 108 Å². The lowest BCUT2D eigenvalue weighted by atomic mass is 9.99. The predicted octanol–water partition coefficient (Wildman–Crippen LogP) is 7.92. The summed E-state index contributed by atoms with van der Waals surface area (Å²) in [6, 6.07) is 21.9. The molecule has 0 aliphatic carbocycles. The van der Waals surface area contributed by atoms with E-state index in [-0.39, 0.29) is 17.4 Å². The first kappa shape index (κ1) is 32.3. The number of benzene rings is 3. The number of nitrogens with one attached hydrogen (secondary N) is 1. The number of thioether (sulfide) groups is 1. The van der Waals surface area contributed by atoms with Crippen molar-refractivity contribution in [1.29, 1.82) is 5.26 Å². The maximum absolute atomic E-state index is 12.9. The summed E-state index contributed by atoms with van der Waals surface area (Å²) >= 11 is 1.53. The number of urea groups is 1. The molecule has 1 saturated heterocycles. The molecule has 4 aromatic rings. The van der Waals surface area contributed by atoms with Crippen LogP contribution in [-0.2, 0) is 0 Å². The number of aliphatic imine (C=N–C) groups is 1. The van der Waals surface area contributed by atoms with Crippen molar-refractivity contribution < 1.29 is 22.7 Å². The van der Waals surface area contributed by atoms with Crippen LogP contribution in [0.5, 0.6) is 5.75 Å². The summed E-state index contributed by atoms with van der Waals surface area (Å²) < 4.78 is 42.6. The highest BCUT2D eigenvalue weighted by Crippen LogP contribution is 2.34. The SMILES string of the molecule is CC(C)c1ccccc1N1/C(=N/C(=O)N/C=C(\C#N)c2ccc(-c3ncn(-c4ccc(OC(F)(F)F)cc4)n3)cc2)SCCC1C. The number of halogens is 3. The monoisotopic (exact) mass is 645 g/mol. The fourth-order valence-corrected chi connectivity index (χ4v) is 6.09. The predicted molar refractivity (Wildman–Crippen MR) is 173 cm³/mol. The van der Waals surface area contributed by atoms with Crippen LogP contribution in [-0.4, -0.2) is 44.1 Å². The van der Waals surface area contributed by atoms with Crippen LogP contribution in [0.15, 0.2) is 90.3 Å². The summed E-state index contributed by atoms with van der Waals surface area (Å²) in [4.78, 5) is 23.7. The van der Waals surface area contributed by atoms with Crippen LogP contribution in [0.4, 0.5) is 23.7 Å². The molecule has 1 aliphatic rings. The number of rotatable bonds is 7. The van der Waals surface area contributed by atoms with E-state index in [1.54, 1.807) is 24.3 Å². The zero-order chi connectivity index (χ0) is 32.8. The Morgan fingerprint density at radius 3 is 2.52 bits per heavy atom. The number of aromatic nitrogens is 3. The Balaban J connectivity index is 1.28. The van der Waals surface area contributed by atoms with Crippen molar-refractivity contribution in [2.45, 2.75) is 45.5 Å². The molecule has 13 heteroatoms. The largest absolute Gasteiger partial charge is 0.573 e. The number of allylic oxidation sites excluding steroid dienone is 1. The minimum Gasteiger partial charge on any atom is -0.406 e. The number of nitriles is 1. The second kappa shape index (κ2) is 13.9. The van der Waals surface area contributed by atoms with Gasteiger partial charge in [0.05, 0.1) is 11.3 Å². The molecule has 0 spiro atoms. The van der Waals surface area contributed by atoms with E-state index < -0.39 is 12.4 Å². The van der Waals surface area contributed by atoms with E-state index in [1.807, 2.05) is 12.1 Å². The van der Waals surface area contributed by atoms with E-state index in [4.69, 9.17) is 0 Å². The van der Waals surface area contributed by atoms with Gasteiger partial charge in [0.25, 0.3) is 0 Å². The van der Waals surface area contributed by atoms with Gasteiger partial charge in [-0.2, -0.15) is 10.3 Å². The normalized spacial score (nSPS) is 16.4. The van der Waals surface area contributed by atoms with E-state index in [2.05, 4.69) is 69.0 Å². The Kier molecular flexibility index (Phi) is 9.77. The zero-order valence-corrected chi connectivity index (χ0v) is 26.0. The quantitative estimate of drug-likeness (QED) is 0.204. The van der Waals surface area contributed by atoms with Gasteiger partial charge in [-0.25, -0.2) is 14.5 Å². The number of carbonyl (C=O) groups is 1. The van der Waals surface area contributed by atoms with Crippen LogP contribution in [0, 0.1) is 11.3 Å². The molecule has 0 radical (unpaired) electrons. The number of amides is 2.